The lowest BCUT2D eigenvalue weighted by atomic mass is 10.1. The largest absolute Gasteiger partial charge is 0.360 e. The van der Waals surface area contributed by atoms with Crippen molar-refractivity contribution in [2.45, 2.75) is 20.8 Å². The summed E-state index contributed by atoms with van der Waals surface area (Å²) in [5.41, 5.74) is 1.00. The minimum absolute atomic E-state index is 0.0704. The van der Waals surface area contributed by atoms with E-state index >= 15 is 0 Å². The first-order valence-electron chi connectivity index (χ1n) is 7.79. The van der Waals surface area contributed by atoms with Crippen molar-refractivity contribution < 1.29 is 14.1 Å². The molecule has 1 aromatic heterocycles. The van der Waals surface area contributed by atoms with Crippen molar-refractivity contribution in [3.63, 3.8) is 0 Å². The van der Waals surface area contributed by atoms with E-state index in [9.17, 15) is 9.59 Å². The van der Waals surface area contributed by atoms with E-state index in [0.717, 1.165) is 0 Å². The summed E-state index contributed by atoms with van der Waals surface area (Å²) in [5.74, 6) is -0.192. The molecule has 8 heteroatoms. The lowest BCUT2D eigenvalue weighted by Gasteiger charge is -2.09. The summed E-state index contributed by atoms with van der Waals surface area (Å²) in [6, 6.07) is 5.03. The lowest BCUT2D eigenvalue weighted by molar-refractivity contribution is -0.123. The monoisotopic (exact) mass is 383 g/mol. The Morgan fingerprint density at radius 2 is 1.76 bits per heavy atom. The van der Waals surface area contributed by atoms with E-state index in [1.807, 2.05) is 0 Å². The van der Waals surface area contributed by atoms with Gasteiger partial charge in [0.1, 0.15) is 17.0 Å². The van der Waals surface area contributed by atoms with Crippen LogP contribution >= 0.6 is 23.2 Å². The van der Waals surface area contributed by atoms with Crippen molar-refractivity contribution in [3.8, 4) is 11.3 Å². The molecule has 0 fully saturated rings. The maximum Gasteiger partial charge on any atom is 0.257 e. The van der Waals surface area contributed by atoms with Crippen LogP contribution in [0.2, 0.25) is 10.0 Å². The molecule has 0 unspecified atom stereocenters. The summed E-state index contributed by atoms with van der Waals surface area (Å²) < 4.78 is 5.16. The van der Waals surface area contributed by atoms with Gasteiger partial charge in [0.25, 0.3) is 5.91 Å². The van der Waals surface area contributed by atoms with Gasteiger partial charge in [-0.15, -0.1) is 0 Å². The molecule has 1 heterocycles. The van der Waals surface area contributed by atoms with Crippen LogP contribution in [0.25, 0.3) is 11.3 Å². The number of hydrogen-bond donors (Lipinski definition) is 2. The van der Waals surface area contributed by atoms with Crippen LogP contribution in [-0.2, 0) is 4.79 Å². The third-order valence-corrected chi connectivity index (χ3v) is 4.15. The highest BCUT2D eigenvalue weighted by molar-refractivity contribution is 6.39. The van der Waals surface area contributed by atoms with E-state index in [4.69, 9.17) is 27.7 Å². The average molecular weight is 384 g/mol. The standard InChI is InChI=1S/C17H19Cl2N3O3/c1-9(2)16(23)20-7-8-21-17(24)13-10(3)25-22-15(13)14-11(18)5-4-6-12(14)19/h4-6,9H,7-8H2,1-3H3,(H,20,23)(H,21,24). The number of benzene rings is 1. The molecule has 2 N–H and O–H groups in total. The molecule has 2 rings (SSSR count). The first-order valence-corrected chi connectivity index (χ1v) is 8.55. The van der Waals surface area contributed by atoms with E-state index in [1.165, 1.54) is 0 Å². The topological polar surface area (TPSA) is 84.2 Å². The molecule has 0 saturated carbocycles. The van der Waals surface area contributed by atoms with Gasteiger partial charge in [0.2, 0.25) is 5.91 Å². The fourth-order valence-corrected chi connectivity index (χ4v) is 2.76. The highest BCUT2D eigenvalue weighted by Crippen LogP contribution is 2.36. The SMILES string of the molecule is Cc1onc(-c2c(Cl)cccc2Cl)c1C(=O)NCCNC(=O)C(C)C. The van der Waals surface area contributed by atoms with Crippen LogP contribution in [0.1, 0.15) is 30.0 Å². The molecule has 0 aliphatic heterocycles. The number of nitrogens with one attached hydrogen (secondary N) is 2. The normalized spacial score (nSPS) is 10.8. The molecule has 2 aromatic rings. The van der Waals surface area contributed by atoms with Gasteiger partial charge >= 0.3 is 0 Å². The molecule has 1 aromatic carbocycles. The highest BCUT2D eigenvalue weighted by atomic mass is 35.5. The van der Waals surface area contributed by atoms with Gasteiger partial charge < -0.3 is 15.2 Å². The zero-order chi connectivity index (χ0) is 18.6. The van der Waals surface area contributed by atoms with Gasteiger partial charge in [-0.25, -0.2) is 0 Å². The Labute approximate surface area is 155 Å². The van der Waals surface area contributed by atoms with Crippen molar-refractivity contribution in [2.24, 2.45) is 5.92 Å². The molecular weight excluding hydrogens is 365 g/mol. The van der Waals surface area contributed by atoms with Crippen LogP contribution in [0.15, 0.2) is 22.7 Å². The van der Waals surface area contributed by atoms with E-state index < -0.39 is 0 Å². The summed E-state index contributed by atoms with van der Waals surface area (Å²) >= 11 is 12.4. The molecule has 134 valence electrons. The Morgan fingerprint density at radius 1 is 1.16 bits per heavy atom. The number of aromatic nitrogens is 1. The second kappa shape index (κ2) is 8.36. The number of rotatable bonds is 6. The Kier molecular flexibility index (Phi) is 6.45. The fourth-order valence-electron chi connectivity index (χ4n) is 2.19. The van der Waals surface area contributed by atoms with E-state index in [-0.39, 0.29) is 35.5 Å². The Hall–Kier alpha value is -2.05. The molecule has 25 heavy (non-hydrogen) atoms. The number of halogens is 2. The molecule has 0 aliphatic rings. The molecular formula is C17H19Cl2N3O3. The summed E-state index contributed by atoms with van der Waals surface area (Å²) in [6.45, 7) is 5.84. The Morgan fingerprint density at radius 3 is 2.36 bits per heavy atom. The molecule has 0 aliphatic carbocycles. The molecule has 0 saturated heterocycles. The summed E-state index contributed by atoms with van der Waals surface area (Å²) in [4.78, 5) is 24.0. The van der Waals surface area contributed by atoms with Gasteiger partial charge in [0.05, 0.1) is 10.0 Å². The fraction of sp³-hybridized carbons (Fsp3) is 0.353. The zero-order valence-corrected chi connectivity index (χ0v) is 15.7. The van der Waals surface area contributed by atoms with Crippen molar-refractivity contribution in [1.82, 2.24) is 15.8 Å². The highest BCUT2D eigenvalue weighted by Gasteiger charge is 2.24. The molecule has 6 nitrogen and oxygen atoms in total. The van der Waals surface area contributed by atoms with E-state index in [1.54, 1.807) is 39.0 Å². The van der Waals surface area contributed by atoms with Crippen LogP contribution in [0.4, 0.5) is 0 Å². The summed E-state index contributed by atoms with van der Waals surface area (Å²) in [6.07, 6.45) is 0. The predicted octanol–water partition coefficient (Wildman–Crippen LogP) is 3.46. The smallest absolute Gasteiger partial charge is 0.257 e. The van der Waals surface area contributed by atoms with Crippen molar-refractivity contribution in [2.75, 3.05) is 13.1 Å². The van der Waals surface area contributed by atoms with Gasteiger partial charge in [-0.3, -0.25) is 9.59 Å². The van der Waals surface area contributed by atoms with Gasteiger partial charge in [0.15, 0.2) is 0 Å². The predicted molar refractivity (Wildman–Crippen MR) is 96.9 cm³/mol. The van der Waals surface area contributed by atoms with Crippen LogP contribution in [0.5, 0.6) is 0 Å². The minimum atomic E-state index is -0.372. The lowest BCUT2D eigenvalue weighted by Crippen LogP contribution is -2.36. The number of nitrogens with zero attached hydrogens (tertiary/aromatic N) is 1. The Balaban J connectivity index is 2.14. The quantitative estimate of drug-likeness (QED) is 0.748. The molecule has 0 bridgehead atoms. The van der Waals surface area contributed by atoms with Crippen molar-refractivity contribution in [3.05, 3.63) is 39.6 Å². The second-order valence-corrected chi connectivity index (χ2v) is 6.58. The van der Waals surface area contributed by atoms with Gasteiger partial charge in [0, 0.05) is 24.6 Å². The summed E-state index contributed by atoms with van der Waals surface area (Å²) in [5, 5.41) is 10.1. The van der Waals surface area contributed by atoms with Crippen LogP contribution < -0.4 is 10.6 Å². The minimum Gasteiger partial charge on any atom is -0.360 e. The first-order chi connectivity index (χ1) is 11.8. The number of carbonyl (C=O) groups excluding carboxylic acids is 2. The number of carbonyl (C=O) groups is 2. The molecule has 0 atom stereocenters. The van der Waals surface area contributed by atoms with Gasteiger partial charge in [-0.2, -0.15) is 0 Å². The van der Waals surface area contributed by atoms with Gasteiger partial charge in [-0.1, -0.05) is 48.3 Å². The second-order valence-electron chi connectivity index (χ2n) is 5.76. The third kappa shape index (κ3) is 4.52. The maximum absolute atomic E-state index is 12.5. The summed E-state index contributed by atoms with van der Waals surface area (Å²) in [7, 11) is 0. The zero-order valence-electron chi connectivity index (χ0n) is 14.2. The van der Waals surface area contributed by atoms with Crippen LogP contribution in [0.3, 0.4) is 0 Å². The third-order valence-electron chi connectivity index (χ3n) is 3.52. The molecule has 0 spiro atoms. The number of hydrogen-bond acceptors (Lipinski definition) is 4. The maximum atomic E-state index is 12.5. The average Bonchev–Trinajstić information content (AvgIpc) is 2.92. The molecule has 0 radical (unpaired) electrons. The van der Waals surface area contributed by atoms with E-state index in [0.29, 0.717) is 27.9 Å². The van der Waals surface area contributed by atoms with Crippen molar-refractivity contribution >= 4 is 35.0 Å². The molecule has 2 amide bonds. The van der Waals surface area contributed by atoms with Crippen LogP contribution in [0, 0.1) is 12.8 Å². The number of aryl methyl sites for hydroxylation is 1. The number of amides is 2. The van der Waals surface area contributed by atoms with Gasteiger partial charge in [-0.05, 0) is 19.1 Å². The van der Waals surface area contributed by atoms with Crippen LogP contribution in [-0.4, -0.2) is 30.1 Å². The van der Waals surface area contributed by atoms with E-state index in [2.05, 4.69) is 15.8 Å². The Bertz CT molecular complexity index is 767. The first kappa shape index (κ1) is 19.3. The van der Waals surface area contributed by atoms with Crippen molar-refractivity contribution in [1.29, 1.82) is 0 Å².